The van der Waals surface area contributed by atoms with E-state index in [2.05, 4.69) is 14.8 Å². The molecule has 0 radical (unpaired) electrons. The summed E-state index contributed by atoms with van der Waals surface area (Å²) in [6.07, 6.45) is 5.50. The van der Waals surface area contributed by atoms with E-state index >= 15 is 0 Å². The van der Waals surface area contributed by atoms with Crippen LogP contribution in [0.3, 0.4) is 0 Å². The maximum Gasteiger partial charge on any atom is 0.220 e. The quantitative estimate of drug-likeness (QED) is 0.670. The number of nitrogens with one attached hydrogen (secondary N) is 1. The first-order valence-electron chi connectivity index (χ1n) is 9.64. The molecule has 0 spiro atoms. The lowest BCUT2D eigenvalue weighted by Gasteiger charge is -2.26. The van der Waals surface area contributed by atoms with Crippen LogP contribution in [0.5, 0.6) is 0 Å². The molecule has 1 aromatic heterocycles. The van der Waals surface area contributed by atoms with Gasteiger partial charge in [0, 0.05) is 55.9 Å². The minimum absolute atomic E-state index is 0.101. The second kappa shape index (κ2) is 10.5. The Labute approximate surface area is 166 Å². The Kier molecular flexibility index (Phi) is 7.75. The van der Waals surface area contributed by atoms with Gasteiger partial charge in [-0.25, -0.2) is 0 Å². The maximum absolute atomic E-state index is 12.5. The van der Waals surface area contributed by atoms with E-state index in [1.165, 1.54) is 0 Å². The summed E-state index contributed by atoms with van der Waals surface area (Å²) in [6, 6.07) is 11.8. The number of hydrogen-bond acceptors (Lipinski definition) is 3. The molecule has 0 bridgehead atoms. The number of ether oxygens (including phenoxy) is 1. The van der Waals surface area contributed by atoms with Crippen molar-refractivity contribution in [3.05, 3.63) is 59.4 Å². The smallest absolute Gasteiger partial charge is 0.220 e. The lowest BCUT2D eigenvalue weighted by atomic mass is 9.95. The fourth-order valence-electron chi connectivity index (χ4n) is 3.42. The first-order valence-corrected chi connectivity index (χ1v) is 10.0. The Morgan fingerprint density at radius 1 is 1.15 bits per heavy atom. The van der Waals surface area contributed by atoms with Gasteiger partial charge >= 0.3 is 0 Å². The van der Waals surface area contributed by atoms with Gasteiger partial charge < -0.3 is 14.6 Å². The highest BCUT2D eigenvalue weighted by Gasteiger charge is 2.17. The highest BCUT2D eigenvalue weighted by Crippen LogP contribution is 2.23. The molecule has 1 aliphatic rings. The van der Waals surface area contributed by atoms with Gasteiger partial charge in [0.2, 0.25) is 5.91 Å². The monoisotopic (exact) mass is 389 g/mol. The van der Waals surface area contributed by atoms with E-state index in [1.54, 1.807) is 0 Å². The minimum atomic E-state index is 0.101. The highest BCUT2D eigenvalue weighted by molar-refractivity contribution is 6.30. The summed E-state index contributed by atoms with van der Waals surface area (Å²) >= 11 is 6.02. The molecule has 0 saturated carbocycles. The van der Waals surface area contributed by atoms with Gasteiger partial charge in [-0.2, -0.15) is 0 Å². The number of rotatable bonds is 9. The Morgan fingerprint density at radius 2 is 1.85 bits per heavy atom. The molecule has 2 aromatic rings. The number of aromatic nitrogens is 1. The third-order valence-electron chi connectivity index (χ3n) is 4.95. The Morgan fingerprint density at radius 3 is 2.56 bits per heavy atom. The summed E-state index contributed by atoms with van der Waals surface area (Å²) in [5.41, 5.74) is 1.14. The number of halogens is 1. The van der Waals surface area contributed by atoms with Crippen molar-refractivity contribution >= 4 is 17.5 Å². The molecule has 1 amide bonds. The summed E-state index contributed by atoms with van der Waals surface area (Å²) in [5, 5.41) is 3.80. The molecule has 1 fully saturated rings. The summed E-state index contributed by atoms with van der Waals surface area (Å²) in [6.45, 7) is 6.10. The summed E-state index contributed by atoms with van der Waals surface area (Å²) < 4.78 is 7.47. The fourth-order valence-corrected chi connectivity index (χ4v) is 3.55. The number of carbonyl (C=O) groups is 1. The molecule has 146 valence electrons. The molecule has 0 aliphatic carbocycles. The molecule has 1 saturated heterocycles. The summed E-state index contributed by atoms with van der Waals surface area (Å²) in [5.74, 6) is 0.220. The van der Waals surface area contributed by atoms with Crippen molar-refractivity contribution in [2.75, 3.05) is 39.4 Å². The molecule has 1 aliphatic heterocycles. The van der Waals surface area contributed by atoms with Crippen molar-refractivity contribution < 1.29 is 9.53 Å². The third-order valence-corrected chi connectivity index (χ3v) is 5.20. The van der Waals surface area contributed by atoms with Crippen LogP contribution in [0, 0.1) is 0 Å². The van der Waals surface area contributed by atoms with E-state index in [0.29, 0.717) is 18.0 Å². The standard InChI is InChI=1S/C21H28ClN3O2/c22-20-6-4-18(5-7-20)19(17-25-9-1-2-10-25)16-21(26)23-8-3-11-24-12-14-27-15-13-24/h1-2,4-7,9-10,19H,3,8,11-17H2,(H,23,26)/t19-/m1/s1. The predicted octanol–water partition coefficient (Wildman–Crippen LogP) is 3.15. The van der Waals surface area contributed by atoms with Gasteiger partial charge in [-0.3, -0.25) is 9.69 Å². The van der Waals surface area contributed by atoms with Gasteiger partial charge in [0.1, 0.15) is 0 Å². The van der Waals surface area contributed by atoms with Crippen LogP contribution in [0.25, 0.3) is 0 Å². The largest absolute Gasteiger partial charge is 0.379 e. The van der Waals surface area contributed by atoms with Crippen LogP contribution in [0.1, 0.15) is 24.3 Å². The van der Waals surface area contributed by atoms with Gasteiger partial charge in [0.25, 0.3) is 0 Å². The molecule has 3 rings (SSSR count). The van der Waals surface area contributed by atoms with Crippen LogP contribution >= 0.6 is 11.6 Å². The topological polar surface area (TPSA) is 46.5 Å². The molecule has 2 heterocycles. The van der Waals surface area contributed by atoms with Crippen LogP contribution in [-0.2, 0) is 16.1 Å². The summed E-state index contributed by atoms with van der Waals surface area (Å²) in [4.78, 5) is 14.9. The number of carbonyl (C=O) groups excluding carboxylic acids is 1. The van der Waals surface area contributed by atoms with Crippen LogP contribution < -0.4 is 5.32 Å². The Bertz CT molecular complexity index is 682. The number of morpholine rings is 1. The van der Waals surface area contributed by atoms with Crippen LogP contribution in [0.15, 0.2) is 48.8 Å². The molecule has 0 unspecified atom stereocenters. The first kappa shape index (κ1) is 19.9. The van der Waals surface area contributed by atoms with Crippen molar-refractivity contribution in [1.82, 2.24) is 14.8 Å². The van der Waals surface area contributed by atoms with Crippen molar-refractivity contribution in [3.8, 4) is 0 Å². The second-order valence-corrected chi connectivity index (χ2v) is 7.43. The van der Waals surface area contributed by atoms with Crippen molar-refractivity contribution in [2.45, 2.75) is 25.3 Å². The van der Waals surface area contributed by atoms with E-state index in [9.17, 15) is 4.79 Å². The molecular weight excluding hydrogens is 362 g/mol. The highest BCUT2D eigenvalue weighted by atomic mass is 35.5. The summed E-state index contributed by atoms with van der Waals surface area (Å²) in [7, 11) is 0. The zero-order valence-corrected chi connectivity index (χ0v) is 16.4. The SMILES string of the molecule is O=C(C[C@H](Cn1cccc1)c1ccc(Cl)cc1)NCCCN1CCOCC1. The predicted molar refractivity (Wildman–Crippen MR) is 108 cm³/mol. The Balaban J connectivity index is 1.48. The minimum Gasteiger partial charge on any atom is -0.379 e. The van der Waals surface area contributed by atoms with Crippen molar-refractivity contribution in [1.29, 1.82) is 0 Å². The average molecular weight is 390 g/mol. The molecule has 1 atom stereocenters. The zero-order chi connectivity index (χ0) is 18.9. The second-order valence-electron chi connectivity index (χ2n) is 6.99. The average Bonchev–Trinajstić information content (AvgIpc) is 3.19. The Hall–Kier alpha value is -1.82. The van der Waals surface area contributed by atoms with E-state index in [0.717, 1.165) is 51.4 Å². The van der Waals surface area contributed by atoms with E-state index in [4.69, 9.17) is 16.3 Å². The molecule has 5 nitrogen and oxygen atoms in total. The normalized spacial score (nSPS) is 16.2. The molecule has 6 heteroatoms. The van der Waals surface area contributed by atoms with Gasteiger partial charge in [0.15, 0.2) is 0 Å². The number of nitrogens with zero attached hydrogens (tertiary/aromatic N) is 2. The van der Waals surface area contributed by atoms with Crippen LogP contribution in [-0.4, -0.2) is 54.8 Å². The lowest BCUT2D eigenvalue weighted by molar-refractivity contribution is -0.121. The van der Waals surface area contributed by atoms with Crippen molar-refractivity contribution in [3.63, 3.8) is 0 Å². The molecule has 1 N–H and O–H groups in total. The van der Waals surface area contributed by atoms with E-state index in [-0.39, 0.29) is 11.8 Å². The van der Waals surface area contributed by atoms with E-state index in [1.807, 2.05) is 48.8 Å². The van der Waals surface area contributed by atoms with Gasteiger partial charge in [-0.05, 0) is 42.8 Å². The van der Waals surface area contributed by atoms with Crippen LogP contribution in [0.2, 0.25) is 5.02 Å². The van der Waals surface area contributed by atoms with Gasteiger partial charge in [0.05, 0.1) is 13.2 Å². The fraction of sp³-hybridized carbons (Fsp3) is 0.476. The number of benzene rings is 1. The first-order chi connectivity index (χ1) is 13.2. The maximum atomic E-state index is 12.5. The van der Waals surface area contributed by atoms with Crippen LogP contribution in [0.4, 0.5) is 0 Å². The molecular formula is C21H28ClN3O2. The van der Waals surface area contributed by atoms with Gasteiger partial charge in [-0.15, -0.1) is 0 Å². The third kappa shape index (κ3) is 6.69. The lowest BCUT2D eigenvalue weighted by Crippen LogP contribution is -2.38. The number of amides is 1. The molecule has 27 heavy (non-hydrogen) atoms. The zero-order valence-electron chi connectivity index (χ0n) is 15.6. The van der Waals surface area contributed by atoms with E-state index < -0.39 is 0 Å². The number of hydrogen-bond donors (Lipinski definition) is 1. The van der Waals surface area contributed by atoms with Crippen molar-refractivity contribution in [2.24, 2.45) is 0 Å². The molecule has 1 aromatic carbocycles. The van der Waals surface area contributed by atoms with Gasteiger partial charge in [-0.1, -0.05) is 23.7 Å².